The number of hydrogen-bond acceptors (Lipinski definition) is 4. The molecule has 0 unspecified atom stereocenters. The average Bonchev–Trinajstić information content (AvgIpc) is 2.85. The molecule has 0 aliphatic rings. The van der Waals surface area contributed by atoms with Gasteiger partial charge in [0, 0.05) is 25.8 Å². The highest BCUT2D eigenvalue weighted by Crippen LogP contribution is 2.30. The van der Waals surface area contributed by atoms with Crippen LogP contribution in [0.5, 0.6) is 0 Å². The van der Waals surface area contributed by atoms with Crippen LogP contribution in [0, 0.1) is 6.92 Å². The first-order valence-corrected chi connectivity index (χ1v) is 7.01. The van der Waals surface area contributed by atoms with Crippen LogP contribution in [0.2, 0.25) is 5.02 Å². The Bertz CT molecular complexity index is 625. The highest BCUT2D eigenvalue weighted by Gasteiger charge is 2.22. The number of carbonyl (C=O) groups excluding carboxylic acids is 1. The first-order chi connectivity index (χ1) is 10.1. The monoisotopic (exact) mass is 308 g/mol. The van der Waals surface area contributed by atoms with Crippen molar-refractivity contribution in [2.75, 3.05) is 20.3 Å². The quantitative estimate of drug-likeness (QED) is 0.833. The second-order valence-corrected chi connectivity index (χ2v) is 4.95. The molecule has 1 N–H and O–H groups in total. The molecule has 0 aliphatic heterocycles. The van der Waals surface area contributed by atoms with E-state index in [0.717, 1.165) is 6.42 Å². The zero-order valence-electron chi connectivity index (χ0n) is 12.0. The fourth-order valence-electron chi connectivity index (χ4n) is 1.98. The molecular formula is C15H17ClN2O3. The maximum absolute atomic E-state index is 12.3. The number of nitrogens with one attached hydrogen (secondary N) is 1. The van der Waals surface area contributed by atoms with Crippen molar-refractivity contribution in [3.8, 4) is 11.3 Å². The lowest BCUT2D eigenvalue weighted by Crippen LogP contribution is -2.26. The number of halogens is 1. The van der Waals surface area contributed by atoms with Gasteiger partial charge in [0.1, 0.15) is 17.0 Å². The number of rotatable bonds is 6. The minimum absolute atomic E-state index is 0.222. The van der Waals surface area contributed by atoms with Gasteiger partial charge in [0.25, 0.3) is 5.91 Å². The summed E-state index contributed by atoms with van der Waals surface area (Å²) >= 11 is 6.16. The minimum atomic E-state index is -0.222. The van der Waals surface area contributed by atoms with E-state index < -0.39 is 0 Å². The zero-order valence-corrected chi connectivity index (χ0v) is 12.7. The van der Waals surface area contributed by atoms with Crippen molar-refractivity contribution in [2.45, 2.75) is 13.3 Å². The predicted octanol–water partition coefficient (Wildman–Crippen LogP) is 3.07. The number of carbonyl (C=O) groups is 1. The molecule has 1 heterocycles. The van der Waals surface area contributed by atoms with Crippen LogP contribution < -0.4 is 5.32 Å². The standard InChI is InChI=1S/C15H17ClN2O3/c1-10-13(15(19)17-8-5-9-20-2)14(18-21-10)11-6-3-4-7-12(11)16/h3-4,6-7H,5,8-9H2,1-2H3,(H,17,19). The van der Waals surface area contributed by atoms with E-state index in [1.807, 2.05) is 12.1 Å². The maximum atomic E-state index is 12.3. The molecule has 0 fully saturated rings. The van der Waals surface area contributed by atoms with Crippen molar-refractivity contribution >= 4 is 17.5 Å². The third-order valence-corrected chi connectivity index (χ3v) is 3.36. The van der Waals surface area contributed by atoms with Crippen LogP contribution in [0.1, 0.15) is 22.5 Å². The summed E-state index contributed by atoms with van der Waals surface area (Å²) in [4.78, 5) is 12.3. The molecule has 1 aromatic carbocycles. The normalized spacial score (nSPS) is 10.6. The van der Waals surface area contributed by atoms with E-state index in [4.69, 9.17) is 20.9 Å². The number of nitrogens with zero attached hydrogens (tertiary/aromatic N) is 1. The summed E-state index contributed by atoms with van der Waals surface area (Å²) in [5, 5.41) is 7.32. The molecule has 2 aromatic rings. The molecule has 112 valence electrons. The Morgan fingerprint density at radius 2 is 2.19 bits per heavy atom. The summed E-state index contributed by atoms with van der Waals surface area (Å²) < 4.78 is 10.1. The minimum Gasteiger partial charge on any atom is -0.385 e. The number of aryl methyl sites for hydroxylation is 1. The summed E-state index contributed by atoms with van der Waals surface area (Å²) in [6, 6.07) is 7.22. The number of benzene rings is 1. The number of amides is 1. The van der Waals surface area contributed by atoms with E-state index in [-0.39, 0.29) is 5.91 Å². The van der Waals surface area contributed by atoms with Crippen LogP contribution in [-0.4, -0.2) is 31.3 Å². The van der Waals surface area contributed by atoms with Crippen molar-refractivity contribution in [2.24, 2.45) is 0 Å². The van der Waals surface area contributed by atoms with E-state index in [0.29, 0.717) is 40.8 Å². The van der Waals surface area contributed by atoms with Crippen LogP contribution in [0.25, 0.3) is 11.3 Å². The number of aromatic nitrogens is 1. The second kappa shape index (κ2) is 7.24. The van der Waals surface area contributed by atoms with Gasteiger partial charge < -0.3 is 14.6 Å². The van der Waals surface area contributed by atoms with E-state index in [9.17, 15) is 4.79 Å². The summed E-state index contributed by atoms with van der Waals surface area (Å²) in [6.45, 7) is 2.83. The molecule has 5 nitrogen and oxygen atoms in total. The van der Waals surface area contributed by atoms with Gasteiger partial charge in [-0.3, -0.25) is 4.79 Å². The Labute approximate surface area is 128 Å². The van der Waals surface area contributed by atoms with Crippen molar-refractivity contribution < 1.29 is 14.1 Å². The second-order valence-electron chi connectivity index (χ2n) is 4.54. The molecule has 0 bridgehead atoms. The topological polar surface area (TPSA) is 64.4 Å². The molecule has 6 heteroatoms. The number of ether oxygens (including phenoxy) is 1. The van der Waals surface area contributed by atoms with E-state index in [1.54, 1.807) is 26.2 Å². The van der Waals surface area contributed by atoms with Crippen molar-refractivity contribution in [3.63, 3.8) is 0 Å². The van der Waals surface area contributed by atoms with Gasteiger partial charge in [-0.15, -0.1) is 0 Å². The third kappa shape index (κ3) is 3.62. The lowest BCUT2D eigenvalue weighted by Gasteiger charge is -2.06. The molecule has 0 radical (unpaired) electrons. The first-order valence-electron chi connectivity index (χ1n) is 6.63. The molecule has 0 saturated carbocycles. The molecule has 0 aliphatic carbocycles. The molecule has 21 heavy (non-hydrogen) atoms. The molecule has 0 saturated heterocycles. The molecular weight excluding hydrogens is 292 g/mol. The van der Waals surface area contributed by atoms with Crippen LogP contribution in [0.4, 0.5) is 0 Å². The average molecular weight is 309 g/mol. The molecule has 0 spiro atoms. The highest BCUT2D eigenvalue weighted by molar-refractivity contribution is 6.33. The van der Waals surface area contributed by atoms with Gasteiger partial charge in [-0.05, 0) is 19.4 Å². The van der Waals surface area contributed by atoms with Gasteiger partial charge in [-0.1, -0.05) is 35.0 Å². The fraction of sp³-hybridized carbons (Fsp3) is 0.333. The van der Waals surface area contributed by atoms with Gasteiger partial charge >= 0.3 is 0 Å². The van der Waals surface area contributed by atoms with Crippen molar-refractivity contribution in [3.05, 3.63) is 40.6 Å². The number of hydrogen-bond donors (Lipinski definition) is 1. The van der Waals surface area contributed by atoms with Gasteiger partial charge in [0.15, 0.2) is 0 Å². The lowest BCUT2D eigenvalue weighted by molar-refractivity contribution is 0.0947. The fourth-order valence-corrected chi connectivity index (χ4v) is 2.21. The SMILES string of the molecule is COCCCNC(=O)c1c(-c2ccccc2Cl)noc1C. The summed E-state index contributed by atoms with van der Waals surface area (Å²) in [5.41, 5.74) is 1.56. The highest BCUT2D eigenvalue weighted by atomic mass is 35.5. The third-order valence-electron chi connectivity index (χ3n) is 3.03. The predicted molar refractivity (Wildman–Crippen MR) is 80.5 cm³/mol. The summed E-state index contributed by atoms with van der Waals surface area (Å²) in [5.74, 6) is 0.244. The maximum Gasteiger partial charge on any atom is 0.257 e. The van der Waals surface area contributed by atoms with Crippen molar-refractivity contribution in [1.82, 2.24) is 10.5 Å². The van der Waals surface area contributed by atoms with Crippen LogP contribution in [-0.2, 0) is 4.74 Å². The van der Waals surface area contributed by atoms with Gasteiger partial charge in [0.05, 0.1) is 5.02 Å². The molecule has 1 aromatic heterocycles. The van der Waals surface area contributed by atoms with E-state index in [1.165, 1.54) is 0 Å². The van der Waals surface area contributed by atoms with Gasteiger partial charge in [-0.2, -0.15) is 0 Å². The Morgan fingerprint density at radius 3 is 2.90 bits per heavy atom. The van der Waals surface area contributed by atoms with E-state index in [2.05, 4.69) is 10.5 Å². The smallest absolute Gasteiger partial charge is 0.257 e. The van der Waals surface area contributed by atoms with Crippen LogP contribution >= 0.6 is 11.6 Å². The Kier molecular flexibility index (Phi) is 5.36. The summed E-state index contributed by atoms with van der Waals surface area (Å²) in [7, 11) is 1.63. The lowest BCUT2D eigenvalue weighted by atomic mass is 10.1. The van der Waals surface area contributed by atoms with E-state index >= 15 is 0 Å². The van der Waals surface area contributed by atoms with Crippen LogP contribution in [0.3, 0.4) is 0 Å². The largest absolute Gasteiger partial charge is 0.385 e. The first kappa shape index (κ1) is 15.5. The number of methoxy groups -OCH3 is 1. The Morgan fingerprint density at radius 1 is 1.43 bits per heavy atom. The Hall–Kier alpha value is -1.85. The zero-order chi connectivity index (χ0) is 15.2. The van der Waals surface area contributed by atoms with Gasteiger partial charge in [0.2, 0.25) is 0 Å². The van der Waals surface area contributed by atoms with Crippen LogP contribution in [0.15, 0.2) is 28.8 Å². The van der Waals surface area contributed by atoms with Gasteiger partial charge in [-0.25, -0.2) is 0 Å². The summed E-state index contributed by atoms with van der Waals surface area (Å²) in [6.07, 6.45) is 0.744. The Balaban J connectivity index is 2.22. The molecule has 2 rings (SSSR count). The molecule has 0 atom stereocenters. The van der Waals surface area contributed by atoms with Crippen molar-refractivity contribution in [1.29, 1.82) is 0 Å². The molecule has 1 amide bonds.